The average molecular weight is 349 g/mol. The van der Waals surface area contributed by atoms with Crippen LogP contribution in [0.5, 0.6) is 5.75 Å². The molecule has 0 bridgehead atoms. The quantitative estimate of drug-likeness (QED) is 0.876. The predicted molar refractivity (Wildman–Crippen MR) is 91.3 cm³/mol. The van der Waals surface area contributed by atoms with Crippen molar-refractivity contribution in [1.29, 1.82) is 0 Å². The topological polar surface area (TPSA) is 79.0 Å². The van der Waals surface area contributed by atoms with Crippen LogP contribution in [0.1, 0.15) is 6.42 Å². The van der Waals surface area contributed by atoms with Crippen molar-refractivity contribution in [2.75, 3.05) is 38.2 Å². The Morgan fingerprint density at radius 3 is 2.58 bits per heavy atom. The average Bonchev–Trinajstić information content (AvgIpc) is 2.92. The lowest BCUT2D eigenvalue weighted by Gasteiger charge is -2.36. The summed E-state index contributed by atoms with van der Waals surface area (Å²) in [5.41, 5.74) is 1.02. The van der Waals surface area contributed by atoms with Gasteiger partial charge in [0.2, 0.25) is 11.8 Å². The fraction of sp³-hybridized carbons (Fsp3) is 0.438. The molecule has 2 fully saturated rings. The highest BCUT2D eigenvalue weighted by atomic mass is 32.2. The summed E-state index contributed by atoms with van der Waals surface area (Å²) < 4.78 is 5.38. The second-order valence-electron chi connectivity index (χ2n) is 5.63. The van der Waals surface area contributed by atoms with E-state index in [2.05, 4.69) is 10.2 Å². The minimum atomic E-state index is -0.600. The molecule has 128 valence electrons. The third-order valence-electron chi connectivity index (χ3n) is 4.19. The Labute approximate surface area is 144 Å². The minimum absolute atomic E-state index is 0.0664. The highest BCUT2D eigenvalue weighted by Gasteiger charge is 2.35. The van der Waals surface area contributed by atoms with Crippen LogP contribution in [0.4, 0.5) is 10.5 Å². The summed E-state index contributed by atoms with van der Waals surface area (Å²) in [5, 5.41) is 1.23. The van der Waals surface area contributed by atoms with Crippen LogP contribution in [0.15, 0.2) is 24.3 Å². The zero-order valence-electron chi connectivity index (χ0n) is 13.4. The monoisotopic (exact) mass is 349 g/mol. The number of piperazine rings is 1. The molecule has 3 amide bonds. The highest BCUT2D eigenvalue weighted by Crippen LogP contribution is 2.29. The molecule has 0 aliphatic carbocycles. The molecule has 0 aromatic heterocycles. The fourth-order valence-corrected chi connectivity index (χ4v) is 3.71. The maximum atomic E-state index is 12.4. The van der Waals surface area contributed by atoms with Crippen LogP contribution in [0.3, 0.4) is 0 Å². The molecule has 2 aliphatic rings. The molecule has 3 rings (SSSR count). The summed E-state index contributed by atoms with van der Waals surface area (Å²) in [4.78, 5) is 39.0. The molecular formula is C16H19N3O4S. The van der Waals surface area contributed by atoms with Gasteiger partial charge in [-0.3, -0.25) is 19.7 Å². The lowest BCUT2D eigenvalue weighted by molar-refractivity contribution is -0.133. The Morgan fingerprint density at radius 2 is 1.96 bits per heavy atom. The number of carbonyl (C=O) groups excluding carboxylic acids is 3. The van der Waals surface area contributed by atoms with Gasteiger partial charge in [-0.05, 0) is 12.1 Å². The zero-order valence-corrected chi connectivity index (χ0v) is 14.2. The summed E-state index contributed by atoms with van der Waals surface area (Å²) in [7, 11) is 1.64. The Hall–Kier alpha value is -2.22. The standard InChI is InChI=1S/C16H19N3O4S/c1-23-12-5-3-2-4-11(12)18-6-8-19(9-7-18)14(20)10-13-15(21)17-16(22)24-13/h2-5,13H,6-10H2,1H3,(H,17,21,22)/t13-/m1/s1. The number of hydrogen-bond acceptors (Lipinski definition) is 6. The number of methoxy groups -OCH3 is 1. The first kappa shape index (κ1) is 16.6. The van der Waals surface area contributed by atoms with E-state index >= 15 is 0 Å². The van der Waals surface area contributed by atoms with Crippen molar-refractivity contribution in [3.05, 3.63) is 24.3 Å². The van der Waals surface area contributed by atoms with Crippen LogP contribution in [-0.4, -0.2) is 60.5 Å². The van der Waals surface area contributed by atoms with E-state index in [0.29, 0.717) is 26.2 Å². The molecular weight excluding hydrogens is 330 g/mol. The number of imide groups is 1. The lowest BCUT2D eigenvalue weighted by atomic mass is 10.2. The minimum Gasteiger partial charge on any atom is -0.495 e. The summed E-state index contributed by atoms with van der Waals surface area (Å²) in [6.07, 6.45) is 0.0664. The van der Waals surface area contributed by atoms with Crippen molar-refractivity contribution in [2.45, 2.75) is 11.7 Å². The van der Waals surface area contributed by atoms with Gasteiger partial charge in [0, 0.05) is 32.6 Å². The van der Waals surface area contributed by atoms with E-state index in [0.717, 1.165) is 23.2 Å². The van der Waals surface area contributed by atoms with Crippen LogP contribution < -0.4 is 15.0 Å². The molecule has 0 spiro atoms. The maximum absolute atomic E-state index is 12.4. The van der Waals surface area contributed by atoms with E-state index in [4.69, 9.17) is 4.74 Å². The smallest absolute Gasteiger partial charge is 0.286 e. The first-order valence-electron chi connectivity index (χ1n) is 7.75. The first-order valence-corrected chi connectivity index (χ1v) is 8.63. The number of ether oxygens (including phenoxy) is 1. The van der Waals surface area contributed by atoms with Gasteiger partial charge >= 0.3 is 0 Å². The molecule has 0 saturated carbocycles. The number of anilines is 1. The normalized spacial score (nSPS) is 21.0. The van der Waals surface area contributed by atoms with Gasteiger partial charge in [0.1, 0.15) is 11.0 Å². The molecule has 0 radical (unpaired) electrons. The number of nitrogens with zero attached hydrogens (tertiary/aromatic N) is 2. The van der Waals surface area contributed by atoms with Crippen LogP contribution >= 0.6 is 11.8 Å². The number of nitrogens with one attached hydrogen (secondary N) is 1. The second-order valence-corrected chi connectivity index (χ2v) is 6.80. The van der Waals surface area contributed by atoms with E-state index in [1.54, 1.807) is 12.0 Å². The highest BCUT2D eigenvalue weighted by molar-refractivity contribution is 8.15. The SMILES string of the molecule is COc1ccccc1N1CCN(C(=O)C[C@H]2SC(=O)NC2=O)CC1. The first-order chi connectivity index (χ1) is 11.6. The van der Waals surface area contributed by atoms with Crippen LogP contribution in [0, 0.1) is 0 Å². The van der Waals surface area contributed by atoms with Crippen molar-refractivity contribution in [2.24, 2.45) is 0 Å². The summed E-state index contributed by atoms with van der Waals surface area (Å²) >= 11 is 0.894. The molecule has 1 atom stereocenters. The third kappa shape index (κ3) is 3.48. The number of carbonyl (C=O) groups is 3. The number of rotatable bonds is 4. The van der Waals surface area contributed by atoms with Gasteiger partial charge in [0.05, 0.1) is 12.8 Å². The largest absolute Gasteiger partial charge is 0.495 e. The van der Waals surface area contributed by atoms with E-state index in [1.807, 2.05) is 24.3 Å². The van der Waals surface area contributed by atoms with E-state index in [1.165, 1.54) is 0 Å². The van der Waals surface area contributed by atoms with Gasteiger partial charge in [-0.25, -0.2) is 0 Å². The Kier molecular flexibility index (Phi) is 4.94. The molecule has 1 N–H and O–H groups in total. The van der Waals surface area contributed by atoms with Crippen LogP contribution in [-0.2, 0) is 9.59 Å². The van der Waals surface area contributed by atoms with Crippen molar-refractivity contribution in [1.82, 2.24) is 10.2 Å². The maximum Gasteiger partial charge on any atom is 0.286 e. The molecule has 24 heavy (non-hydrogen) atoms. The van der Waals surface area contributed by atoms with Gasteiger partial charge in [0.25, 0.3) is 5.24 Å². The van der Waals surface area contributed by atoms with Gasteiger partial charge in [-0.2, -0.15) is 0 Å². The summed E-state index contributed by atoms with van der Waals surface area (Å²) in [5.74, 6) is 0.359. The van der Waals surface area contributed by atoms with Gasteiger partial charge in [-0.1, -0.05) is 23.9 Å². The van der Waals surface area contributed by atoms with Crippen molar-refractivity contribution in [3.8, 4) is 5.75 Å². The molecule has 1 aromatic rings. The number of benzene rings is 1. The van der Waals surface area contributed by atoms with Crippen LogP contribution in [0.2, 0.25) is 0 Å². The van der Waals surface area contributed by atoms with Crippen molar-refractivity contribution < 1.29 is 19.1 Å². The van der Waals surface area contributed by atoms with Crippen LogP contribution in [0.25, 0.3) is 0 Å². The van der Waals surface area contributed by atoms with E-state index in [9.17, 15) is 14.4 Å². The number of para-hydroxylation sites is 2. The van der Waals surface area contributed by atoms with Gasteiger partial charge in [0.15, 0.2) is 0 Å². The van der Waals surface area contributed by atoms with E-state index < -0.39 is 5.25 Å². The summed E-state index contributed by atoms with van der Waals surface area (Å²) in [6, 6.07) is 7.80. The Morgan fingerprint density at radius 1 is 1.25 bits per heavy atom. The van der Waals surface area contributed by atoms with Gasteiger partial charge in [-0.15, -0.1) is 0 Å². The fourth-order valence-electron chi connectivity index (χ4n) is 2.90. The number of hydrogen-bond donors (Lipinski definition) is 1. The molecule has 0 unspecified atom stereocenters. The molecule has 8 heteroatoms. The van der Waals surface area contributed by atoms with Crippen molar-refractivity contribution in [3.63, 3.8) is 0 Å². The Balaban J connectivity index is 1.56. The molecule has 7 nitrogen and oxygen atoms in total. The van der Waals surface area contributed by atoms with Crippen molar-refractivity contribution >= 4 is 34.5 Å². The third-order valence-corrected chi connectivity index (χ3v) is 5.17. The molecule has 1 aromatic carbocycles. The zero-order chi connectivity index (χ0) is 17.1. The number of thioether (sulfide) groups is 1. The Bertz CT molecular complexity index is 658. The molecule has 2 aliphatic heterocycles. The van der Waals surface area contributed by atoms with E-state index in [-0.39, 0.29) is 23.5 Å². The second kappa shape index (κ2) is 7.12. The molecule has 2 heterocycles. The molecule has 2 saturated heterocycles. The van der Waals surface area contributed by atoms with Gasteiger partial charge < -0.3 is 14.5 Å². The number of amides is 3. The predicted octanol–water partition coefficient (Wildman–Crippen LogP) is 1.09. The lowest BCUT2D eigenvalue weighted by Crippen LogP contribution is -2.49. The summed E-state index contributed by atoms with van der Waals surface area (Å²) in [6.45, 7) is 2.58.